The number of amides is 1. The maximum Gasteiger partial charge on any atom is 0.292 e. The number of rotatable bonds is 5. The lowest BCUT2D eigenvalue weighted by Gasteiger charge is -2.22. The van der Waals surface area contributed by atoms with Gasteiger partial charge in [0.05, 0.1) is 11.2 Å². The van der Waals surface area contributed by atoms with Crippen LogP contribution in [0.5, 0.6) is 5.75 Å². The molecule has 0 saturated carbocycles. The normalized spacial score (nSPS) is 11.6. The summed E-state index contributed by atoms with van der Waals surface area (Å²) in [4.78, 5) is 13.2. The smallest absolute Gasteiger partial charge is 0.292 e. The van der Waals surface area contributed by atoms with Gasteiger partial charge in [-0.2, -0.15) is 5.10 Å². The van der Waals surface area contributed by atoms with E-state index in [2.05, 4.69) is 10.4 Å². The number of hydrogen-bond acceptors (Lipinski definition) is 4. The van der Waals surface area contributed by atoms with Gasteiger partial charge in [0.1, 0.15) is 23.8 Å². The lowest BCUT2D eigenvalue weighted by atomic mass is 10.1. The summed E-state index contributed by atoms with van der Waals surface area (Å²) in [7, 11) is 0. The third-order valence-corrected chi connectivity index (χ3v) is 4.74. The number of hydrogen-bond donors (Lipinski definition) is 1. The van der Waals surface area contributed by atoms with Gasteiger partial charge in [0, 0.05) is 17.0 Å². The maximum absolute atomic E-state index is 13.2. The molecule has 2 aromatic carbocycles. The highest BCUT2D eigenvalue weighted by atomic mass is 16.5. The molecule has 6 heteroatoms. The Morgan fingerprint density at radius 1 is 1.10 bits per heavy atom. The summed E-state index contributed by atoms with van der Waals surface area (Å²) >= 11 is 0. The van der Waals surface area contributed by atoms with Crippen molar-refractivity contribution in [2.24, 2.45) is 0 Å². The molecule has 0 bridgehead atoms. The van der Waals surface area contributed by atoms with Crippen LogP contribution < -0.4 is 10.1 Å². The largest absolute Gasteiger partial charge is 0.489 e. The molecule has 30 heavy (non-hydrogen) atoms. The standard InChI is InChI=1S/C24H25N3O3/c1-16-14-21(27(26-16)24(2,3)4)25-23(28)22-19(15-29-17-10-6-5-7-11-17)18-12-8-9-13-20(18)30-22/h5-14H,15H2,1-4H3,(H,25,28). The summed E-state index contributed by atoms with van der Waals surface area (Å²) < 4.78 is 13.7. The number of furan rings is 1. The maximum atomic E-state index is 13.2. The lowest BCUT2D eigenvalue weighted by molar-refractivity contribution is 0.0994. The van der Waals surface area contributed by atoms with E-state index < -0.39 is 0 Å². The average molecular weight is 403 g/mol. The van der Waals surface area contributed by atoms with E-state index >= 15 is 0 Å². The minimum Gasteiger partial charge on any atom is -0.489 e. The Hall–Kier alpha value is -3.54. The fraction of sp³-hybridized carbons (Fsp3) is 0.250. The van der Waals surface area contributed by atoms with E-state index in [1.165, 1.54) is 0 Å². The molecule has 2 aromatic heterocycles. The van der Waals surface area contributed by atoms with Crippen LogP contribution in [0.1, 0.15) is 42.6 Å². The Kier molecular flexibility index (Phi) is 5.08. The topological polar surface area (TPSA) is 69.3 Å². The number of anilines is 1. The molecule has 4 rings (SSSR count). The number of para-hydroxylation sites is 2. The van der Waals surface area contributed by atoms with Crippen LogP contribution in [0.3, 0.4) is 0 Å². The van der Waals surface area contributed by atoms with Crippen molar-refractivity contribution in [1.82, 2.24) is 9.78 Å². The van der Waals surface area contributed by atoms with Crippen LogP contribution in [0.2, 0.25) is 0 Å². The quantitative estimate of drug-likeness (QED) is 0.476. The Balaban J connectivity index is 1.67. The van der Waals surface area contributed by atoms with Crippen LogP contribution in [-0.2, 0) is 12.1 Å². The van der Waals surface area contributed by atoms with Crippen molar-refractivity contribution in [2.45, 2.75) is 39.8 Å². The molecule has 0 atom stereocenters. The van der Waals surface area contributed by atoms with Crippen molar-refractivity contribution >= 4 is 22.7 Å². The number of nitrogens with one attached hydrogen (secondary N) is 1. The number of fused-ring (bicyclic) bond motifs is 1. The number of ether oxygens (including phenoxy) is 1. The van der Waals surface area contributed by atoms with Gasteiger partial charge in [0.25, 0.3) is 5.91 Å². The van der Waals surface area contributed by atoms with Gasteiger partial charge in [0.15, 0.2) is 5.76 Å². The monoisotopic (exact) mass is 403 g/mol. The van der Waals surface area contributed by atoms with E-state index in [1.807, 2.05) is 93.0 Å². The first kappa shape index (κ1) is 19.8. The zero-order valence-corrected chi connectivity index (χ0v) is 17.6. The highest BCUT2D eigenvalue weighted by Crippen LogP contribution is 2.29. The summed E-state index contributed by atoms with van der Waals surface area (Å²) in [5, 5.41) is 8.34. The van der Waals surface area contributed by atoms with E-state index in [1.54, 1.807) is 0 Å². The van der Waals surface area contributed by atoms with Gasteiger partial charge in [-0.1, -0.05) is 36.4 Å². The van der Waals surface area contributed by atoms with E-state index in [-0.39, 0.29) is 23.8 Å². The van der Waals surface area contributed by atoms with Gasteiger partial charge >= 0.3 is 0 Å². The van der Waals surface area contributed by atoms with Crippen molar-refractivity contribution in [1.29, 1.82) is 0 Å². The van der Waals surface area contributed by atoms with Gasteiger partial charge < -0.3 is 14.5 Å². The van der Waals surface area contributed by atoms with Crippen LogP contribution in [0.15, 0.2) is 65.1 Å². The van der Waals surface area contributed by atoms with Crippen molar-refractivity contribution in [3.63, 3.8) is 0 Å². The Bertz CT molecular complexity index is 1180. The molecule has 2 heterocycles. The third-order valence-electron chi connectivity index (χ3n) is 4.74. The molecule has 0 unspecified atom stereocenters. The zero-order chi connectivity index (χ0) is 21.3. The van der Waals surface area contributed by atoms with Gasteiger partial charge in [-0.15, -0.1) is 0 Å². The Morgan fingerprint density at radius 3 is 2.53 bits per heavy atom. The SMILES string of the molecule is Cc1cc(NC(=O)c2oc3ccccc3c2COc2ccccc2)n(C(C)(C)C)n1. The molecule has 0 aliphatic rings. The molecular weight excluding hydrogens is 378 g/mol. The highest BCUT2D eigenvalue weighted by Gasteiger charge is 2.25. The van der Waals surface area contributed by atoms with Crippen LogP contribution in [0.25, 0.3) is 11.0 Å². The number of aryl methyl sites for hydroxylation is 1. The molecule has 0 spiro atoms. The van der Waals surface area contributed by atoms with Crippen LogP contribution in [0, 0.1) is 6.92 Å². The summed E-state index contributed by atoms with van der Waals surface area (Å²) in [5.41, 5.74) is 1.92. The second-order valence-corrected chi connectivity index (χ2v) is 8.22. The second kappa shape index (κ2) is 7.71. The van der Waals surface area contributed by atoms with Gasteiger partial charge in [-0.25, -0.2) is 4.68 Å². The van der Waals surface area contributed by atoms with E-state index in [0.29, 0.717) is 17.0 Å². The van der Waals surface area contributed by atoms with Crippen molar-refractivity contribution in [2.75, 3.05) is 5.32 Å². The van der Waals surface area contributed by atoms with Gasteiger partial charge in [0.2, 0.25) is 0 Å². The molecule has 6 nitrogen and oxygen atoms in total. The Labute approximate surface area is 175 Å². The first-order valence-electron chi connectivity index (χ1n) is 9.89. The molecule has 0 aliphatic carbocycles. The summed E-state index contributed by atoms with van der Waals surface area (Å²) in [6.45, 7) is 8.24. The van der Waals surface area contributed by atoms with Crippen LogP contribution >= 0.6 is 0 Å². The molecular formula is C24H25N3O3. The first-order chi connectivity index (χ1) is 14.3. The predicted octanol–water partition coefficient (Wildman–Crippen LogP) is 5.52. The molecule has 0 radical (unpaired) electrons. The number of nitrogens with zero attached hydrogens (tertiary/aromatic N) is 2. The summed E-state index contributed by atoms with van der Waals surface area (Å²) in [5.74, 6) is 1.27. The van der Waals surface area contributed by atoms with Crippen LogP contribution in [-0.4, -0.2) is 15.7 Å². The van der Waals surface area contributed by atoms with E-state index in [4.69, 9.17) is 9.15 Å². The van der Waals surface area contributed by atoms with Gasteiger partial charge in [-0.05, 0) is 45.9 Å². The summed E-state index contributed by atoms with van der Waals surface area (Å²) in [6.07, 6.45) is 0. The minimum absolute atomic E-state index is 0.224. The van der Waals surface area contributed by atoms with E-state index in [9.17, 15) is 4.79 Å². The number of benzene rings is 2. The summed E-state index contributed by atoms with van der Waals surface area (Å²) in [6, 6.07) is 18.9. The van der Waals surface area contributed by atoms with Crippen molar-refractivity contribution < 1.29 is 13.9 Å². The second-order valence-electron chi connectivity index (χ2n) is 8.22. The lowest BCUT2D eigenvalue weighted by Crippen LogP contribution is -2.27. The number of carbonyl (C=O) groups is 1. The first-order valence-corrected chi connectivity index (χ1v) is 9.89. The van der Waals surface area contributed by atoms with Crippen LogP contribution in [0.4, 0.5) is 5.82 Å². The Morgan fingerprint density at radius 2 is 1.80 bits per heavy atom. The van der Waals surface area contributed by atoms with E-state index in [0.717, 1.165) is 16.8 Å². The molecule has 154 valence electrons. The third kappa shape index (κ3) is 3.94. The fourth-order valence-corrected chi connectivity index (χ4v) is 3.37. The van der Waals surface area contributed by atoms with Crippen molar-refractivity contribution in [3.8, 4) is 5.75 Å². The number of aromatic nitrogens is 2. The zero-order valence-electron chi connectivity index (χ0n) is 17.6. The minimum atomic E-state index is -0.330. The highest BCUT2D eigenvalue weighted by molar-refractivity contribution is 6.06. The average Bonchev–Trinajstić information content (AvgIpc) is 3.27. The molecule has 0 aliphatic heterocycles. The molecule has 1 N–H and O–H groups in total. The molecule has 4 aromatic rings. The molecule has 0 fully saturated rings. The van der Waals surface area contributed by atoms with Crippen molar-refractivity contribution in [3.05, 3.63) is 77.7 Å². The number of carbonyl (C=O) groups excluding carboxylic acids is 1. The van der Waals surface area contributed by atoms with Gasteiger partial charge in [-0.3, -0.25) is 4.79 Å². The molecule has 1 amide bonds. The fourth-order valence-electron chi connectivity index (χ4n) is 3.37. The molecule has 0 saturated heterocycles. The predicted molar refractivity (Wildman–Crippen MR) is 117 cm³/mol.